The van der Waals surface area contributed by atoms with Gasteiger partial charge in [0.2, 0.25) is 5.91 Å². The predicted molar refractivity (Wildman–Crippen MR) is 128 cm³/mol. The number of amides is 2. The lowest BCUT2D eigenvalue weighted by Gasteiger charge is -2.18. The molecule has 0 aliphatic carbocycles. The smallest absolute Gasteiger partial charge is 0.262 e. The summed E-state index contributed by atoms with van der Waals surface area (Å²) in [5.41, 5.74) is 2.78. The molecular formula is C24H21N3O2S2. The number of carbonyl (C=O) groups is 2. The summed E-state index contributed by atoms with van der Waals surface area (Å²) in [6.45, 7) is 3.11. The van der Waals surface area contributed by atoms with Gasteiger partial charge < -0.3 is 10.2 Å². The van der Waals surface area contributed by atoms with Crippen molar-refractivity contribution in [2.75, 3.05) is 11.9 Å². The van der Waals surface area contributed by atoms with E-state index in [1.807, 2.05) is 66.9 Å². The van der Waals surface area contributed by atoms with Crippen molar-refractivity contribution in [1.29, 1.82) is 0 Å². The quantitative estimate of drug-likeness (QED) is 0.522. The molecule has 0 bridgehead atoms. The van der Waals surface area contributed by atoms with Gasteiger partial charge in [-0.1, -0.05) is 30.0 Å². The van der Waals surface area contributed by atoms with Gasteiger partial charge >= 0.3 is 0 Å². The Hall–Kier alpha value is -3.16. The largest absolute Gasteiger partial charge is 0.335 e. The van der Waals surface area contributed by atoms with E-state index < -0.39 is 0 Å². The van der Waals surface area contributed by atoms with Gasteiger partial charge in [0.15, 0.2) is 0 Å². The number of rotatable bonds is 6. The van der Waals surface area contributed by atoms with Crippen molar-refractivity contribution in [3.05, 3.63) is 87.2 Å². The van der Waals surface area contributed by atoms with Gasteiger partial charge in [-0.05, 0) is 59.8 Å². The lowest BCUT2D eigenvalue weighted by Crippen LogP contribution is -2.28. The molecule has 0 saturated heterocycles. The molecule has 1 N–H and O–H groups in total. The van der Waals surface area contributed by atoms with Crippen LogP contribution in [0.25, 0.3) is 12.2 Å². The van der Waals surface area contributed by atoms with Crippen molar-refractivity contribution in [3.8, 4) is 0 Å². The van der Waals surface area contributed by atoms with Crippen LogP contribution in [0.3, 0.4) is 0 Å². The monoisotopic (exact) mass is 447 g/mol. The van der Waals surface area contributed by atoms with Crippen molar-refractivity contribution in [1.82, 2.24) is 9.88 Å². The summed E-state index contributed by atoms with van der Waals surface area (Å²) in [7, 11) is 0. The van der Waals surface area contributed by atoms with E-state index in [9.17, 15) is 9.59 Å². The highest BCUT2D eigenvalue weighted by atomic mass is 32.2. The van der Waals surface area contributed by atoms with E-state index in [0.29, 0.717) is 18.0 Å². The minimum absolute atomic E-state index is 0.0451. The first-order chi connectivity index (χ1) is 15.1. The van der Waals surface area contributed by atoms with E-state index in [2.05, 4.69) is 10.3 Å². The van der Waals surface area contributed by atoms with Crippen LogP contribution in [-0.2, 0) is 16.1 Å². The third kappa shape index (κ3) is 5.31. The first-order valence-corrected chi connectivity index (χ1v) is 11.6. The molecule has 0 spiro atoms. The van der Waals surface area contributed by atoms with E-state index in [1.54, 1.807) is 34.7 Å². The maximum Gasteiger partial charge on any atom is 0.262 e. The van der Waals surface area contributed by atoms with E-state index in [0.717, 1.165) is 26.6 Å². The molecule has 3 aromatic rings. The Morgan fingerprint density at radius 2 is 2.10 bits per heavy atom. The third-order valence-electron chi connectivity index (χ3n) is 4.70. The van der Waals surface area contributed by atoms with E-state index in [4.69, 9.17) is 0 Å². The Kier molecular flexibility index (Phi) is 6.64. The molecule has 4 rings (SSSR count). The van der Waals surface area contributed by atoms with Crippen molar-refractivity contribution < 1.29 is 9.59 Å². The second kappa shape index (κ2) is 9.76. The summed E-state index contributed by atoms with van der Waals surface area (Å²) in [6.07, 6.45) is 8.79. The third-order valence-corrected chi connectivity index (χ3v) is 6.70. The molecule has 1 aromatic carbocycles. The number of anilines is 1. The summed E-state index contributed by atoms with van der Waals surface area (Å²) in [6, 6.07) is 13.6. The number of carbonyl (C=O) groups excluding carboxylic acids is 2. The fraction of sp³-hybridized carbons (Fsp3) is 0.125. The molecule has 5 nitrogen and oxygen atoms in total. The van der Waals surface area contributed by atoms with Crippen LogP contribution >= 0.6 is 23.1 Å². The number of hydrogen-bond acceptors (Lipinski definition) is 5. The zero-order chi connectivity index (χ0) is 21.6. The zero-order valence-electron chi connectivity index (χ0n) is 16.9. The second-order valence-electron chi connectivity index (χ2n) is 6.89. The molecule has 7 heteroatoms. The molecule has 2 amide bonds. The van der Waals surface area contributed by atoms with Gasteiger partial charge in [-0.25, -0.2) is 0 Å². The predicted octanol–water partition coefficient (Wildman–Crippen LogP) is 5.29. The Bertz CT molecular complexity index is 1150. The number of thioether (sulfide) groups is 1. The number of fused-ring (bicyclic) bond motifs is 1. The normalized spacial score (nSPS) is 14.5. The Morgan fingerprint density at radius 3 is 2.90 bits per heavy atom. The molecule has 0 fully saturated rings. The number of thiophene rings is 1. The maximum atomic E-state index is 12.6. The number of likely N-dealkylation sites (N-methyl/N-ethyl adjacent to an activating group) is 1. The van der Waals surface area contributed by atoms with E-state index >= 15 is 0 Å². The molecule has 1 aliphatic rings. The first-order valence-electron chi connectivity index (χ1n) is 9.86. The highest BCUT2D eigenvalue weighted by molar-refractivity contribution is 8.04. The summed E-state index contributed by atoms with van der Waals surface area (Å²) in [5.74, 6) is -0.144. The number of pyridine rings is 1. The Morgan fingerprint density at radius 1 is 1.23 bits per heavy atom. The molecule has 0 unspecified atom stereocenters. The SMILES string of the molecule is CCN(Cc1cccnc1)C(=O)/C=C/c1csc(/C=C2/Sc3ccccc3NC2=O)c1. The van der Waals surface area contributed by atoms with Gasteiger partial charge in [0.25, 0.3) is 5.91 Å². The topological polar surface area (TPSA) is 62.3 Å². The number of hydrogen-bond donors (Lipinski definition) is 1. The molecule has 3 heterocycles. The Balaban J connectivity index is 1.43. The van der Waals surface area contributed by atoms with Crippen molar-refractivity contribution in [3.63, 3.8) is 0 Å². The molecule has 156 valence electrons. The van der Waals surface area contributed by atoms with E-state index in [1.165, 1.54) is 11.8 Å². The average Bonchev–Trinajstić information content (AvgIpc) is 3.24. The lowest BCUT2D eigenvalue weighted by atomic mass is 10.2. The highest BCUT2D eigenvalue weighted by Gasteiger charge is 2.20. The molecule has 1 aliphatic heterocycles. The standard InChI is InChI=1S/C24H21N3O2S2/c1-2-27(15-18-6-5-11-25-14-18)23(28)10-9-17-12-19(30-16-17)13-22-24(29)26-20-7-3-4-8-21(20)31-22/h3-14,16H,2,15H2,1H3,(H,26,29)/b10-9+,22-13+. The summed E-state index contributed by atoms with van der Waals surface area (Å²) in [5, 5.41) is 4.90. The summed E-state index contributed by atoms with van der Waals surface area (Å²) < 4.78 is 0. The second-order valence-corrected chi connectivity index (χ2v) is 8.92. The van der Waals surface area contributed by atoms with Crippen LogP contribution in [0.1, 0.15) is 22.9 Å². The van der Waals surface area contributed by atoms with E-state index in [-0.39, 0.29) is 11.8 Å². The van der Waals surface area contributed by atoms with Crippen LogP contribution in [0.15, 0.2) is 76.1 Å². The van der Waals surface area contributed by atoms with Crippen LogP contribution in [0, 0.1) is 0 Å². The number of benzene rings is 1. The van der Waals surface area contributed by atoms with Crippen LogP contribution in [-0.4, -0.2) is 28.2 Å². The van der Waals surface area contributed by atoms with Gasteiger partial charge in [0.1, 0.15) is 0 Å². The highest BCUT2D eigenvalue weighted by Crippen LogP contribution is 2.39. The van der Waals surface area contributed by atoms with Gasteiger partial charge in [-0.15, -0.1) is 11.3 Å². The molecule has 0 saturated carbocycles. The average molecular weight is 448 g/mol. The zero-order valence-corrected chi connectivity index (χ0v) is 18.6. The van der Waals surface area contributed by atoms with Crippen molar-refractivity contribution in [2.45, 2.75) is 18.4 Å². The van der Waals surface area contributed by atoms with Crippen molar-refractivity contribution >= 4 is 52.8 Å². The fourth-order valence-electron chi connectivity index (χ4n) is 3.09. The van der Waals surface area contributed by atoms with Gasteiger partial charge in [0, 0.05) is 41.3 Å². The minimum atomic E-state index is -0.0987. The molecule has 2 aromatic heterocycles. The maximum absolute atomic E-state index is 12.6. The number of para-hydroxylation sites is 1. The number of nitrogens with zero attached hydrogens (tertiary/aromatic N) is 2. The number of aromatic nitrogens is 1. The van der Waals surface area contributed by atoms with Crippen LogP contribution in [0.4, 0.5) is 5.69 Å². The fourth-order valence-corrected chi connectivity index (χ4v) is 4.92. The van der Waals surface area contributed by atoms with Crippen LogP contribution in [0.2, 0.25) is 0 Å². The van der Waals surface area contributed by atoms with Gasteiger partial charge in [0.05, 0.1) is 10.6 Å². The van der Waals surface area contributed by atoms with Gasteiger partial charge in [-0.3, -0.25) is 14.6 Å². The molecular weight excluding hydrogens is 426 g/mol. The first kappa shape index (κ1) is 21.1. The molecule has 31 heavy (non-hydrogen) atoms. The number of nitrogens with one attached hydrogen (secondary N) is 1. The molecule has 0 radical (unpaired) electrons. The van der Waals surface area contributed by atoms with Crippen LogP contribution < -0.4 is 5.32 Å². The van der Waals surface area contributed by atoms with Crippen molar-refractivity contribution in [2.24, 2.45) is 0 Å². The summed E-state index contributed by atoms with van der Waals surface area (Å²) in [4.78, 5) is 33.5. The van der Waals surface area contributed by atoms with Gasteiger partial charge in [-0.2, -0.15) is 0 Å². The van der Waals surface area contributed by atoms with Crippen LogP contribution in [0.5, 0.6) is 0 Å². The summed E-state index contributed by atoms with van der Waals surface area (Å²) >= 11 is 3.01. The molecule has 0 atom stereocenters. The Labute approximate surface area is 189 Å². The lowest BCUT2D eigenvalue weighted by molar-refractivity contribution is -0.126. The minimum Gasteiger partial charge on any atom is -0.335 e.